The molecule has 1 aromatic heterocycles. The first-order chi connectivity index (χ1) is 6.83. The van der Waals surface area contributed by atoms with Crippen molar-refractivity contribution in [1.29, 1.82) is 0 Å². The zero-order chi connectivity index (χ0) is 9.97. The Morgan fingerprint density at radius 2 is 2.50 bits per heavy atom. The third-order valence-corrected chi connectivity index (χ3v) is 2.20. The summed E-state index contributed by atoms with van der Waals surface area (Å²) in [5.74, 6) is 0.910. The van der Waals surface area contributed by atoms with Crippen molar-refractivity contribution < 1.29 is 9.53 Å². The van der Waals surface area contributed by atoms with Crippen molar-refractivity contribution in [3.8, 4) is 5.75 Å². The molecular weight excluding hydrogens is 204 g/mol. The molecule has 74 valence electrons. The molecule has 4 nitrogen and oxygen atoms in total. The lowest BCUT2D eigenvalue weighted by Gasteiger charge is -2.27. The molecule has 2 rings (SSSR count). The molecule has 0 fully saturated rings. The van der Waals surface area contributed by atoms with Crippen LogP contribution in [0, 0.1) is 0 Å². The Kier molecular flexibility index (Phi) is 2.54. The minimum atomic E-state index is -0.0469. The van der Waals surface area contributed by atoms with Gasteiger partial charge in [0.2, 0.25) is 0 Å². The highest BCUT2D eigenvalue weighted by atomic mass is 35.5. The van der Waals surface area contributed by atoms with Gasteiger partial charge in [0.15, 0.2) is 12.5 Å². The third-order valence-electron chi connectivity index (χ3n) is 2.03. The summed E-state index contributed by atoms with van der Waals surface area (Å²) in [5.41, 5.74) is 0.552. The van der Waals surface area contributed by atoms with Gasteiger partial charge in [-0.1, -0.05) is 0 Å². The normalized spacial score (nSPS) is 14.9. The molecular formula is C9H9ClN2O2. The van der Waals surface area contributed by atoms with Crippen molar-refractivity contribution in [2.45, 2.75) is 0 Å². The molecule has 2 heterocycles. The Morgan fingerprint density at radius 1 is 1.64 bits per heavy atom. The number of pyridine rings is 1. The van der Waals surface area contributed by atoms with E-state index in [1.54, 1.807) is 23.4 Å². The van der Waals surface area contributed by atoms with Gasteiger partial charge >= 0.3 is 0 Å². The fourth-order valence-electron chi connectivity index (χ4n) is 1.32. The van der Waals surface area contributed by atoms with Gasteiger partial charge in [-0.15, -0.1) is 11.6 Å². The van der Waals surface area contributed by atoms with E-state index in [0.29, 0.717) is 23.7 Å². The van der Waals surface area contributed by atoms with Gasteiger partial charge in [0.1, 0.15) is 0 Å². The number of alkyl halides is 1. The monoisotopic (exact) mass is 212 g/mol. The summed E-state index contributed by atoms with van der Waals surface area (Å²) in [6.07, 6.45) is 3.12. The number of carbonyl (C=O) groups is 1. The molecule has 0 atom stereocenters. The van der Waals surface area contributed by atoms with Gasteiger partial charge in [0.25, 0.3) is 5.91 Å². The van der Waals surface area contributed by atoms with Crippen molar-refractivity contribution in [1.82, 2.24) is 9.88 Å². The Labute approximate surface area is 86.4 Å². The van der Waals surface area contributed by atoms with Crippen molar-refractivity contribution >= 4 is 17.5 Å². The first kappa shape index (κ1) is 9.27. The number of amides is 1. The summed E-state index contributed by atoms with van der Waals surface area (Å²) >= 11 is 5.57. The molecule has 0 aromatic carbocycles. The number of fused-ring (bicyclic) bond motifs is 1. The predicted molar refractivity (Wildman–Crippen MR) is 51.5 cm³/mol. The van der Waals surface area contributed by atoms with E-state index in [4.69, 9.17) is 16.3 Å². The molecule has 1 aliphatic rings. The maximum atomic E-state index is 11.8. The van der Waals surface area contributed by atoms with E-state index in [2.05, 4.69) is 4.98 Å². The number of ether oxygens (including phenoxy) is 1. The van der Waals surface area contributed by atoms with Gasteiger partial charge in [-0.25, -0.2) is 0 Å². The molecule has 0 aliphatic carbocycles. The highest BCUT2D eigenvalue weighted by molar-refractivity contribution is 6.18. The number of carbonyl (C=O) groups excluding carboxylic acids is 1. The average Bonchev–Trinajstić information content (AvgIpc) is 2.23. The van der Waals surface area contributed by atoms with Crippen LogP contribution in [0.5, 0.6) is 5.75 Å². The lowest BCUT2D eigenvalue weighted by atomic mass is 10.2. The van der Waals surface area contributed by atoms with E-state index in [-0.39, 0.29) is 12.6 Å². The summed E-state index contributed by atoms with van der Waals surface area (Å²) in [6.45, 7) is 0.756. The van der Waals surface area contributed by atoms with Crippen molar-refractivity contribution in [3.63, 3.8) is 0 Å². The summed E-state index contributed by atoms with van der Waals surface area (Å²) in [7, 11) is 0. The van der Waals surface area contributed by atoms with Gasteiger partial charge < -0.3 is 9.64 Å². The second-order valence-corrected chi connectivity index (χ2v) is 3.28. The molecule has 0 saturated heterocycles. The topological polar surface area (TPSA) is 42.4 Å². The average molecular weight is 213 g/mol. The molecule has 0 N–H and O–H groups in total. The van der Waals surface area contributed by atoms with Crippen LogP contribution < -0.4 is 4.74 Å². The molecule has 1 aliphatic heterocycles. The first-order valence-corrected chi connectivity index (χ1v) is 4.78. The lowest BCUT2D eigenvalue weighted by molar-refractivity contribution is 0.0539. The fourth-order valence-corrected chi connectivity index (χ4v) is 1.52. The Balaban J connectivity index is 2.27. The molecule has 0 bridgehead atoms. The maximum absolute atomic E-state index is 11.8. The molecule has 0 radical (unpaired) electrons. The van der Waals surface area contributed by atoms with Crippen LogP contribution in [0.3, 0.4) is 0 Å². The van der Waals surface area contributed by atoms with Crippen molar-refractivity contribution in [2.24, 2.45) is 0 Å². The van der Waals surface area contributed by atoms with E-state index in [1.807, 2.05) is 0 Å². The molecule has 0 unspecified atom stereocenters. The van der Waals surface area contributed by atoms with E-state index in [0.717, 1.165) is 0 Å². The second kappa shape index (κ2) is 3.84. The van der Waals surface area contributed by atoms with Gasteiger partial charge in [-0.3, -0.25) is 9.78 Å². The van der Waals surface area contributed by atoms with Gasteiger partial charge in [0, 0.05) is 18.6 Å². The zero-order valence-corrected chi connectivity index (χ0v) is 8.20. The Hall–Kier alpha value is -1.29. The number of halogens is 1. The number of nitrogens with zero attached hydrogens (tertiary/aromatic N) is 2. The van der Waals surface area contributed by atoms with E-state index < -0.39 is 0 Å². The van der Waals surface area contributed by atoms with E-state index >= 15 is 0 Å². The van der Waals surface area contributed by atoms with Crippen LogP contribution in [0.15, 0.2) is 18.5 Å². The number of aromatic nitrogens is 1. The molecule has 1 amide bonds. The fraction of sp³-hybridized carbons (Fsp3) is 0.333. The molecule has 1 aromatic rings. The molecule has 14 heavy (non-hydrogen) atoms. The Morgan fingerprint density at radius 3 is 3.29 bits per heavy atom. The summed E-state index contributed by atoms with van der Waals surface area (Å²) < 4.78 is 5.34. The SMILES string of the molecule is O=C1c2ccncc2OCN1CCCl. The zero-order valence-electron chi connectivity index (χ0n) is 7.44. The summed E-state index contributed by atoms with van der Waals surface area (Å²) in [6, 6.07) is 1.65. The van der Waals surface area contributed by atoms with Crippen LogP contribution in [0.4, 0.5) is 0 Å². The van der Waals surface area contributed by atoms with Gasteiger partial charge in [0.05, 0.1) is 11.8 Å². The highest BCUT2D eigenvalue weighted by Crippen LogP contribution is 2.22. The summed E-state index contributed by atoms with van der Waals surface area (Å²) in [4.78, 5) is 17.2. The minimum absolute atomic E-state index is 0.0469. The largest absolute Gasteiger partial charge is 0.471 e. The maximum Gasteiger partial charge on any atom is 0.260 e. The van der Waals surface area contributed by atoms with Crippen molar-refractivity contribution in [3.05, 3.63) is 24.0 Å². The highest BCUT2D eigenvalue weighted by Gasteiger charge is 2.24. The number of hydrogen-bond donors (Lipinski definition) is 0. The standard InChI is InChI=1S/C9H9ClN2O2/c10-2-4-12-6-14-8-5-11-3-1-7(8)9(12)13/h1,3,5H,2,4,6H2. The number of hydrogen-bond acceptors (Lipinski definition) is 3. The van der Waals surface area contributed by atoms with Crippen LogP contribution in [0.25, 0.3) is 0 Å². The van der Waals surface area contributed by atoms with Crippen LogP contribution in [0.1, 0.15) is 10.4 Å². The third kappa shape index (κ3) is 1.53. The predicted octanol–water partition coefficient (Wildman–Crippen LogP) is 1.11. The lowest BCUT2D eigenvalue weighted by Crippen LogP contribution is -2.39. The minimum Gasteiger partial charge on any atom is -0.471 e. The number of rotatable bonds is 2. The quantitative estimate of drug-likeness (QED) is 0.690. The molecule has 0 spiro atoms. The van der Waals surface area contributed by atoms with E-state index in [1.165, 1.54) is 0 Å². The van der Waals surface area contributed by atoms with Gasteiger partial charge in [-0.05, 0) is 6.07 Å². The Bertz CT molecular complexity index is 356. The van der Waals surface area contributed by atoms with E-state index in [9.17, 15) is 4.79 Å². The van der Waals surface area contributed by atoms with Crippen molar-refractivity contribution in [2.75, 3.05) is 19.2 Å². The van der Waals surface area contributed by atoms with Crippen LogP contribution in [0.2, 0.25) is 0 Å². The smallest absolute Gasteiger partial charge is 0.260 e. The van der Waals surface area contributed by atoms with Crippen LogP contribution >= 0.6 is 11.6 Å². The first-order valence-electron chi connectivity index (χ1n) is 4.25. The molecule has 5 heteroatoms. The van der Waals surface area contributed by atoms with Gasteiger partial charge in [-0.2, -0.15) is 0 Å². The van der Waals surface area contributed by atoms with Crippen LogP contribution in [-0.4, -0.2) is 34.9 Å². The summed E-state index contributed by atoms with van der Waals surface area (Å²) in [5, 5.41) is 0. The second-order valence-electron chi connectivity index (χ2n) is 2.90. The van der Waals surface area contributed by atoms with Crippen LogP contribution in [-0.2, 0) is 0 Å². The molecule has 0 saturated carbocycles.